The predicted molar refractivity (Wildman–Crippen MR) is 146 cm³/mol. The monoisotopic (exact) mass is 472 g/mol. The third-order valence-corrected chi connectivity index (χ3v) is 6.49. The molecule has 0 amide bonds. The highest BCUT2D eigenvalue weighted by Gasteiger charge is 2.21. The van der Waals surface area contributed by atoms with Crippen LogP contribution in [0.25, 0.3) is 22.3 Å². The highest BCUT2D eigenvalue weighted by Crippen LogP contribution is 2.37. The molecule has 3 rings (SSSR count). The second-order valence-electron chi connectivity index (χ2n) is 9.27. The SMILES string of the molecule is CCCCCCCc1ccc(-c2ccc(CCCOCCC)c(C(=O)O)c2-c2ccccc2)cc1. The maximum absolute atomic E-state index is 12.6. The molecule has 0 aromatic heterocycles. The van der Waals surface area contributed by atoms with E-state index in [9.17, 15) is 9.90 Å². The number of benzene rings is 3. The van der Waals surface area contributed by atoms with Crippen molar-refractivity contribution < 1.29 is 14.6 Å². The van der Waals surface area contributed by atoms with Crippen molar-refractivity contribution in [1.82, 2.24) is 0 Å². The number of aromatic carboxylic acids is 1. The summed E-state index contributed by atoms with van der Waals surface area (Å²) in [7, 11) is 0. The van der Waals surface area contributed by atoms with Crippen LogP contribution in [-0.4, -0.2) is 24.3 Å². The summed E-state index contributed by atoms with van der Waals surface area (Å²) in [5.41, 5.74) is 6.37. The van der Waals surface area contributed by atoms with Gasteiger partial charge in [0.2, 0.25) is 0 Å². The van der Waals surface area contributed by atoms with Gasteiger partial charge in [0.25, 0.3) is 0 Å². The normalized spacial score (nSPS) is 11.0. The Balaban J connectivity index is 1.91. The molecule has 3 nitrogen and oxygen atoms in total. The van der Waals surface area contributed by atoms with Crippen molar-refractivity contribution in [3.8, 4) is 22.3 Å². The Morgan fingerprint density at radius 2 is 1.46 bits per heavy atom. The summed E-state index contributed by atoms with van der Waals surface area (Å²) in [6.07, 6.45) is 9.96. The lowest BCUT2D eigenvalue weighted by Gasteiger charge is -2.18. The lowest BCUT2D eigenvalue weighted by Crippen LogP contribution is -2.08. The van der Waals surface area contributed by atoms with E-state index in [1.165, 1.54) is 37.7 Å². The number of carbonyl (C=O) groups is 1. The molecular formula is C32H40O3. The maximum atomic E-state index is 12.6. The van der Waals surface area contributed by atoms with Gasteiger partial charge in [-0.25, -0.2) is 4.79 Å². The van der Waals surface area contributed by atoms with Crippen molar-refractivity contribution in [2.75, 3.05) is 13.2 Å². The van der Waals surface area contributed by atoms with E-state index in [-0.39, 0.29) is 0 Å². The molecule has 0 radical (unpaired) electrons. The molecule has 0 saturated carbocycles. The second kappa shape index (κ2) is 14.5. The maximum Gasteiger partial charge on any atom is 0.336 e. The summed E-state index contributed by atoms with van der Waals surface area (Å²) in [5.74, 6) is -0.876. The fourth-order valence-corrected chi connectivity index (χ4v) is 4.64. The lowest BCUT2D eigenvalue weighted by atomic mass is 9.86. The molecule has 0 fully saturated rings. The molecule has 0 saturated heterocycles. The minimum atomic E-state index is -0.876. The topological polar surface area (TPSA) is 46.5 Å². The molecule has 3 aromatic carbocycles. The van der Waals surface area contributed by atoms with Gasteiger partial charge < -0.3 is 9.84 Å². The van der Waals surface area contributed by atoms with Gasteiger partial charge in [0.05, 0.1) is 5.56 Å². The molecule has 0 spiro atoms. The van der Waals surface area contributed by atoms with Gasteiger partial charge in [-0.1, -0.05) is 106 Å². The summed E-state index contributed by atoms with van der Waals surface area (Å²) in [6.45, 7) is 5.73. The molecule has 35 heavy (non-hydrogen) atoms. The Labute approximate surface area is 211 Å². The Morgan fingerprint density at radius 3 is 2.14 bits per heavy atom. The fourth-order valence-electron chi connectivity index (χ4n) is 4.64. The van der Waals surface area contributed by atoms with Gasteiger partial charge in [-0.15, -0.1) is 0 Å². The quantitative estimate of drug-likeness (QED) is 0.225. The summed E-state index contributed by atoms with van der Waals surface area (Å²) < 4.78 is 5.62. The molecule has 0 aliphatic heterocycles. The molecule has 3 aromatic rings. The molecule has 0 atom stereocenters. The highest BCUT2D eigenvalue weighted by atomic mass is 16.5. The van der Waals surface area contributed by atoms with E-state index >= 15 is 0 Å². The van der Waals surface area contributed by atoms with Crippen molar-refractivity contribution in [2.24, 2.45) is 0 Å². The van der Waals surface area contributed by atoms with Crippen LogP contribution in [0.2, 0.25) is 0 Å². The number of hydrogen-bond donors (Lipinski definition) is 1. The number of ether oxygens (including phenoxy) is 1. The minimum Gasteiger partial charge on any atom is -0.478 e. The average Bonchev–Trinajstić information content (AvgIpc) is 2.89. The van der Waals surface area contributed by atoms with Crippen LogP contribution in [0, 0.1) is 0 Å². The second-order valence-corrected chi connectivity index (χ2v) is 9.27. The lowest BCUT2D eigenvalue weighted by molar-refractivity contribution is 0.0696. The first-order valence-corrected chi connectivity index (χ1v) is 13.3. The van der Waals surface area contributed by atoms with Crippen molar-refractivity contribution in [2.45, 2.75) is 71.6 Å². The van der Waals surface area contributed by atoms with E-state index < -0.39 is 5.97 Å². The van der Waals surface area contributed by atoms with E-state index in [1.54, 1.807) is 0 Å². The average molecular weight is 473 g/mol. The third kappa shape index (κ3) is 7.80. The molecule has 0 unspecified atom stereocenters. The molecule has 3 heteroatoms. The molecular weight excluding hydrogens is 432 g/mol. The van der Waals surface area contributed by atoms with Crippen LogP contribution in [0.4, 0.5) is 0 Å². The van der Waals surface area contributed by atoms with Gasteiger partial charge in [0.1, 0.15) is 0 Å². The van der Waals surface area contributed by atoms with Crippen molar-refractivity contribution in [3.05, 3.63) is 83.4 Å². The Bertz CT molecular complexity index is 1040. The van der Waals surface area contributed by atoms with Crippen molar-refractivity contribution >= 4 is 5.97 Å². The van der Waals surface area contributed by atoms with E-state index in [2.05, 4.69) is 44.2 Å². The zero-order valence-electron chi connectivity index (χ0n) is 21.4. The fraction of sp³-hybridized carbons (Fsp3) is 0.406. The zero-order valence-corrected chi connectivity index (χ0v) is 21.4. The van der Waals surface area contributed by atoms with Crippen LogP contribution < -0.4 is 0 Å². The van der Waals surface area contributed by atoms with E-state index in [0.29, 0.717) is 18.6 Å². The van der Waals surface area contributed by atoms with Crippen LogP contribution >= 0.6 is 0 Å². The number of aryl methyl sites for hydroxylation is 2. The van der Waals surface area contributed by atoms with Crippen LogP contribution in [-0.2, 0) is 17.6 Å². The standard InChI is InChI=1S/C32H40O3/c1-3-5-6-7-9-13-25-17-19-26(20-18-25)29-22-21-28(16-12-24-35-23-4-2)31(32(33)34)30(29)27-14-10-8-11-15-27/h8,10-11,14-15,17-22H,3-7,9,12-13,16,23-24H2,1-2H3,(H,33,34). The van der Waals surface area contributed by atoms with Crippen LogP contribution in [0.5, 0.6) is 0 Å². The first-order valence-electron chi connectivity index (χ1n) is 13.3. The predicted octanol–water partition coefficient (Wildman–Crippen LogP) is 8.59. The van der Waals surface area contributed by atoms with Gasteiger partial charge in [0, 0.05) is 18.8 Å². The van der Waals surface area contributed by atoms with Gasteiger partial charge >= 0.3 is 5.97 Å². The molecule has 0 aliphatic rings. The molecule has 0 aliphatic carbocycles. The van der Waals surface area contributed by atoms with Crippen molar-refractivity contribution in [1.29, 1.82) is 0 Å². The van der Waals surface area contributed by atoms with E-state index in [0.717, 1.165) is 53.7 Å². The Kier molecular flexibility index (Phi) is 11.0. The number of rotatable bonds is 15. The smallest absolute Gasteiger partial charge is 0.336 e. The van der Waals surface area contributed by atoms with Gasteiger partial charge in [0.15, 0.2) is 0 Å². The molecule has 0 heterocycles. The summed E-state index contributed by atoms with van der Waals surface area (Å²) in [4.78, 5) is 12.6. The number of carboxylic acids is 1. The Hall–Kier alpha value is -2.91. The first kappa shape index (κ1) is 26.7. The summed E-state index contributed by atoms with van der Waals surface area (Å²) in [5, 5.41) is 10.3. The first-order chi connectivity index (χ1) is 17.2. The Morgan fingerprint density at radius 1 is 0.714 bits per heavy atom. The van der Waals surface area contributed by atoms with Crippen LogP contribution in [0.1, 0.15) is 80.3 Å². The zero-order chi connectivity index (χ0) is 24.9. The van der Waals surface area contributed by atoms with Crippen LogP contribution in [0.15, 0.2) is 66.7 Å². The summed E-state index contributed by atoms with van der Waals surface area (Å²) >= 11 is 0. The van der Waals surface area contributed by atoms with Crippen molar-refractivity contribution in [3.63, 3.8) is 0 Å². The molecule has 1 N–H and O–H groups in total. The van der Waals surface area contributed by atoms with E-state index in [4.69, 9.17) is 4.74 Å². The number of unbranched alkanes of at least 4 members (excludes halogenated alkanes) is 4. The summed E-state index contributed by atoms with van der Waals surface area (Å²) in [6, 6.07) is 22.7. The number of carboxylic acid groups (broad SMARTS) is 1. The third-order valence-electron chi connectivity index (χ3n) is 6.49. The number of hydrogen-bond acceptors (Lipinski definition) is 2. The minimum absolute atomic E-state index is 0.407. The largest absolute Gasteiger partial charge is 0.478 e. The molecule has 186 valence electrons. The van der Waals surface area contributed by atoms with E-state index in [1.807, 2.05) is 36.4 Å². The van der Waals surface area contributed by atoms with Gasteiger partial charge in [-0.05, 0) is 59.9 Å². The van der Waals surface area contributed by atoms with Crippen LogP contribution in [0.3, 0.4) is 0 Å². The van der Waals surface area contributed by atoms with Gasteiger partial charge in [-0.3, -0.25) is 0 Å². The molecule has 0 bridgehead atoms. The van der Waals surface area contributed by atoms with Gasteiger partial charge in [-0.2, -0.15) is 0 Å². The highest BCUT2D eigenvalue weighted by molar-refractivity contribution is 6.02.